The van der Waals surface area contributed by atoms with E-state index >= 15 is 0 Å². The number of nitro benzene ring substituents is 1. The Morgan fingerprint density at radius 2 is 1.88 bits per heavy atom. The number of nitro groups is 1. The average molecular weight is 343 g/mol. The number of nitrogens with two attached hydrogens (primary N) is 1. The molecule has 2 N–H and O–H groups in total. The van der Waals surface area contributed by atoms with E-state index < -0.39 is 11.0 Å². The number of carbonyl (C=O) groups excluding carboxylic acids is 1. The highest BCUT2D eigenvalue weighted by atomic mass is 16.6. The van der Waals surface area contributed by atoms with E-state index in [1.54, 1.807) is 17.0 Å². The van der Waals surface area contributed by atoms with Crippen molar-refractivity contribution in [2.75, 3.05) is 25.4 Å². The van der Waals surface area contributed by atoms with Crippen LogP contribution in [0.2, 0.25) is 0 Å². The van der Waals surface area contributed by atoms with Crippen molar-refractivity contribution >= 4 is 17.5 Å². The Kier molecular flexibility index (Phi) is 4.80. The van der Waals surface area contributed by atoms with Crippen molar-refractivity contribution in [2.45, 2.75) is 6.10 Å². The minimum absolute atomic E-state index is 0.0606. The summed E-state index contributed by atoms with van der Waals surface area (Å²) in [5, 5.41) is 10.6. The molecule has 8 nitrogen and oxygen atoms in total. The van der Waals surface area contributed by atoms with Crippen LogP contribution in [0.15, 0.2) is 48.5 Å². The number of amides is 1. The van der Waals surface area contributed by atoms with E-state index in [4.69, 9.17) is 15.2 Å². The summed E-state index contributed by atoms with van der Waals surface area (Å²) >= 11 is 0. The number of hydrogen-bond donors (Lipinski definition) is 1. The molecule has 1 unspecified atom stereocenters. The summed E-state index contributed by atoms with van der Waals surface area (Å²) in [7, 11) is 0. The van der Waals surface area contributed by atoms with Gasteiger partial charge in [0, 0.05) is 24.4 Å². The van der Waals surface area contributed by atoms with Gasteiger partial charge in [-0.05, 0) is 29.8 Å². The van der Waals surface area contributed by atoms with Crippen LogP contribution in [0.1, 0.15) is 11.7 Å². The molecule has 25 heavy (non-hydrogen) atoms. The van der Waals surface area contributed by atoms with Gasteiger partial charge >= 0.3 is 6.09 Å². The summed E-state index contributed by atoms with van der Waals surface area (Å²) in [5.41, 5.74) is 7.21. The molecule has 1 amide bonds. The van der Waals surface area contributed by atoms with Crippen LogP contribution in [-0.4, -0.2) is 35.6 Å². The number of rotatable bonds is 3. The van der Waals surface area contributed by atoms with Crippen LogP contribution >= 0.6 is 0 Å². The lowest BCUT2D eigenvalue weighted by Crippen LogP contribution is -2.43. The molecule has 0 radical (unpaired) electrons. The molecule has 1 aliphatic rings. The predicted octanol–water partition coefficient (Wildman–Crippen LogP) is 2.75. The normalized spacial score (nSPS) is 17.1. The number of nitrogen functional groups attached to an aromatic ring is 1. The number of carbonyl (C=O) groups is 1. The number of anilines is 1. The van der Waals surface area contributed by atoms with Gasteiger partial charge in [-0.25, -0.2) is 4.79 Å². The molecule has 1 heterocycles. The lowest BCUT2D eigenvalue weighted by Gasteiger charge is -2.32. The van der Waals surface area contributed by atoms with Crippen LogP contribution in [0.3, 0.4) is 0 Å². The monoisotopic (exact) mass is 343 g/mol. The van der Waals surface area contributed by atoms with Gasteiger partial charge in [-0.3, -0.25) is 10.1 Å². The molecular formula is C17H17N3O5. The third-order valence-corrected chi connectivity index (χ3v) is 3.89. The molecule has 0 aliphatic carbocycles. The largest absolute Gasteiger partial charge is 0.415 e. The highest BCUT2D eigenvalue weighted by Gasteiger charge is 2.26. The lowest BCUT2D eigenvalue weighted by molar-refractivity contribution is -0.384. The Hall–Kier alpha value is -3.13. The van der Waals surface area contributed by atoms with Gasteiger partial charge in [0.15, 0.2) is 0 Å². The Balaban J connectivity index is 1.63. The fourth-order valence-corrected chi connectivity index (χ4v) is 2.53. The van der Waals surface area contributed by atoms with Crippen molar-refractivity contribution in [3.8, 4) is 5.75 Å². The molecule has 1 atom stereocenters. The van der Waals surface area contributed by atoms with E-state index in [1.807, 2.05) is 12.1 Å². The molecular weight excluding hydrogens is 326 g/mol. The van der Waals surface area contributed by atoms with E-state index in [1.165, 1.54) is 24.3 Å². The Morgan fingerprint density at radius 3 is 2.52 bits per heavy atom. The average Bonchev–Trinajstić information content (AvgIpc) is 2.63. The van der Waals surface area contributed by atoms with Gasteiger partial charge in [-0.15, -0.1) is 0 Å². The number of nitrogens with zero attached hydrogens (tertiary/aromatic N) is 2. The van der Waals surface area contributed by atoms with E-state index in [0.717, 1.165) is 5.56 Å². The van der Waals surface area contributed by atoms with Crippen LogP contribution < -0.4 is 10.5 Å². The highest BCUT2D eigenvalue weighted by Crippen LogP contribution is 2.24. The van der Waals surface area contributed by atoms with Crippen molar-refractivity contribution < 1.29 is 19.2 Å². The summed E-state index contributed by atoms with van der Waals surface area (Å²) in [6.45, 7) is 1.16. The summed E-state index contributed by atoms with van der Waals surface area (Å²) in [6, 6.07) is 12.7. The molecule has 2 aromatic carbocycles. The van der Waals surface area contributed by atoms with Crippen LogP contribution in [0, 0.1) is 10.1 Å². The Labute approximate surface area is 143 Å². The molecule has 0 bridgehead atoms. The van der Waals surface area contributed by atoms with Crippen molar-refractivity contribution in [2.24, 2.45) is 0 Å². The zero-order valence-electron chi connectivity index (χ0n) is 13.3. The van der Waals surface area contributed by atoms with Gasteiger partial charge in [0.25, 0.3) is 5.69 Å². The first kappa shape index (κ1) is 16.7. The second kappa shape index (κ2) is 7.18. The molecule has 0 aromatic heterocycles. The predicted molar refractivity (Wildman–Crippen MR) is 90.2 cm³/mol. The number of morpholine rings is 1. The fraction of sp³-hybridized carbons (Fsp3) is 0.235. The summed E-state index contributed by atoms with van der Waals surface area (Å²) < 4.78 is 11.0. The van der Waals surface area contributed by atoms with Gasteiger partial charge in [0.1, 0.15) is 11.9 Å². The van der Waals surface area contributed by atoms with Crippen molar-refractivity contribution in [1.29, 1.82) is 0 Å². The van der Waals surface area contributed by atoms with Crippen LogP contribution in [-0.2, 0) is 4.74 Å². The second-order valence-electron chi connectivity index (χ2n) is 5.59. The number of non-ortho nitro benzene ring substituents is 1. The van der Waals surface area contributed by atoms with Gasteiger partial charge in [0.05, 0.1) is 18.1 Å². The zero-order chi connectivity index (χ0) is 17.8. The van der Waals surface area contributed by atoms with Crippen LogP contribution in [0.25, 0.3) is 0 Å². The molecule has 1 fully saturated rings. The second-order valence-corrected chi connectivity index (χ2v) is 5.59. The first-order chi connectivity index (χ1) is 12.0. The number of benzene rings is 2. The molecule has 0 spiro atoms. The molecule has 0 saturated carbocycles. The highest BCUT2D eigenvalue weighted by molar-refractivity contribution is 5.71. The minimum Gasteiger partial charge on any atom is -0.410 e. The summed E-state index contributed by atoms with van der Waals surface area (Å²) in [6.07, 6.45) is -0.767. The lowest BCUT2D eigenvalue weighted by atomic mass is 10.1. The number of hydrogen-bond acceptors (Lipinski definition) is 6. The van der Waals surface area contributed by atoms with Gasteiger partial charge in [-0.2, -0.15) is 0 Å². The minimum atomic E-state index is -0.516. The van der Waals surface area contributed by atoms with Crippen LogP contribution in [0.4, 0.5) is 16.2 Å². The zero-order valence-corrected chi connectivity index (χ0v) is 13.3. The van der Waals surface area contributed by atoms with E-state index in [0.29, 0.717) is 25.4 Å². The smallest absolute Gasteiger partial charge is 0.410 e. The van der Waals surface area contributed by atoms with Gasteiger partial charge in [0.2, 0.25) is 0 Å². The van der Waals surface area contributed by atoms with E-state index in [9.17, 15) is 14.9 Å². The molecule has 8 heteroatoms. The maximum atomic E-state index is 12.3. The Morgan fingerprint density at radius 1 is 1.20 bits per heavy atom. The van der Waals surface area contributed by atoms with Gasteiger partial charge < -0.3 is 20.1 Å². The quantitative estimate of drug-likeness (QED) is 0.521. The molecule has 130 valence electrons. The maximum Gasteiger partial charge on any atom is 0.415 e. The molecule has 2 aromatic rings. The SMILES string of the molecule is Nc1ccc(C2CN(C(=O)Oc3ccc([N+](=O)[O-])cc3)CCO2)cc1. The third kappa shape index (κ3) is 4.04. The van der Waals surface area contributed by atoms with Crippen LogP contribution in [0.5, 0.6) is 5.75 Å². The molecule has 3 rings (SSSR count). The maximum absolute atomic E-state index is 12.3. The first-order valence-corrected chi connectivity index (χ1v) is 7.71. The van der Waals surface area contributed by atoms with Crippen molar-refractivity contribution in [1.82, 2.24) is 4.90 Å². The van der Waals surface area contributed by atoms with E-state index in [2.05, 4.69) is 0 Å². The summed E-state index contributed by atoms with van der Waals surface area (Å²) in [4.78, 5) is 24.0. The standard InChI is InChI=1S/C17H17N3O5/c18-13-3-1-12(2-4-13)16-11-19(9-10-24-16)17(21)25-15-7-5-14(6-8-15)20(22)23/h1-8,16H,9-11,18H2. The topological polar surface area (TPSA) is 108 Å². The number of ether oxygens (including phenoxy) is 2. The van der Waals surface area contributed by atoms with Crippen molar-refractivity contribution in [3.63, 3.8) is 0 Å². The van der Waals surface area contributed by atoms with Crippen molar-refractivity contribution in [3.05, 3.63) is 64.2 Å². The molecule has 1 aliphatic heterocycles. The summed E-state index contributed by atoms with van der Waals surface area (Å²) in [5.74, 6) is 0.256. The van der Waals surface area contributed by atoms with Gasteiger partial charge in [-0.1, -0.05) is 12.1 Å². The Bertz CT molecular complexity index is 761. The fourth-order valence-electron chi connectivity index (χ4n) is 2.53. The molecule has 1 saturated heterocycles. The van der Waals surface area contributed by atoms with E-state index in [-0.39, 0.29) is 17.5 Å². The first-order valence-electron chi connectivity index (χ1n) is 7.71. The third-order valence-electron chi connectivity index (χ3n) is 3.89.